The Bertz CT molecular complexity index is 596. The summed E-state index contributed by atoms with van der Waals surface area (Å²) < 4.78 is 11.0. The van der Waals surface area contributed by atoms with E-state index in [1.165, 1.54) is 0 Å². The highest BCUT2D eigenvalue weighted by Gasteiger charge is 2.30. The molecule has 1 atom stereocenters. The van der Waals surface area contributed by atoms with Gasteiger partial charge in [-0.3, -0.25) is 0 Å². The number of aromatic nitrogens is 2. The van der Waals surface area contributed by atoms with Crippen LogP contribution in [-0.4, -0.2) is 10.1 Å². The van der Waals surface area contributed by atoms with Crippen LogP contribution >= 0.6 is 11.6 Å². The fourth-order valence-corrected chi connectivity index (χ4v) is 2.14. The summed E-state index contributed by atoms with van der Waals surface area (Å²) in [5, 5.41) is 4.61. The lowest BCUT2D eigenvalue weighted by Crippen LogP contribution is -2.36. The first-order chi connectivity index (χ1) is 9.98. The van der Waals surface area contributed by atoms with Gasteiger partial charge in [0.25, 0.3) is 5.89 Å². The summed E-state index contributed by atoms with van der Waals surface area (Å²) in [6.45, 7) is 5.85. The second-order valence-electron chi connectivity index (χ2n) is 5.04. The molecule has 0 fully saturated rings. The van der Waals surface area contributed by atoms with Gasteiger partial charge in [0, 0.05) is 5.02 Å². The van der Waals surface area contributed by atoms with Crippen molar-refractivity contribution in [3.8, 4) is 5.75 Å². The van der Waals surface area contributed by atoms with Crippen LogP contribution in [0.1, 0.15) is 51.4 Å². The Morgan fingerprint density at radius 1 is 1.38 bits per heavy atom. The van der Waals surface area contributed by atoms with Crippen LogP contribution in [0.2, 0.25) is 5.02 Å². The van der Waals surface area contributed by atoms with Crippen molar-refractivity contribution < 1.29 is 9.26 Å². The fourth-order valence-electron chi connectivity index (χ4n) is 1.96. The Morgan fingerprint density at radius 2 is 2.10 bits per heavy atom. The Balaban J connectivity index is 2.14. The molecule has 1 aromatic carbocycles. The maximum absolute atomic E-state index is 6.26. The number of hydrogen-bond acceptors (Lipinski definition) is 5. The van der Waals surface area contributed by atoms with Gasteiger partial charge in [-0.15, -0.1) is 0 Å². The molecule has 21 heavy (non-hydrogen) atoms. The van der Waals surface area contributed by atoms with Crippen molar-refractivity contribution in [1.29, 1.82) is 0 Å². The fraction of sp³-hybridized carbons (Fsp3) is 0.467. The average molecular weight is 310 g/mol. The lowest BCUT2D eigenvalue weighted by molar-refractivity contribution is 0.175. The Morgan fingerprint density at radius 3 is 2.71 bits per heavy atom. The minimum Gasteiger partial charge on any atom is -0.481 e. The van der Waals surface area contributed by atoms with Crippen LogP contribution in [0.25, 0.3) is 0 Å². The van der Waals surface area contributed by atoms with E-state index in [4.69, 9.17) is 26.6 Å². The van der Waals surface area contributed by atoms with E-state index in [1.54, 1.807) is 12.1 Å². The summed E-state index contributed by atoms with van der Waals surface area (Å²) in [5.41, 5.74) is 5.70. The van der Waals surface area contributed by atoms with E-state index in [-0.39, 0.29) is 6.10 Å². The number of halogens is 1. The summed E-state index contributed by atoms with van der Waals surface area (Å²) in [6.07, 6.45) is 1.11. The molecule has 5 nitrogen and oxygen atoms in total. The number of hydrogen-bond donors (Lipinski definition) is 1. The van der Waals surface area contributed by atoms with Crippen LogP contribution in [0, 0.1) is 0 Å². The molecule has 0 saturated carbocycles. The minimum absolute atomic E-state index is 0.373. The summed E-state index contributed by atoms with van der Waals surface area (Å²) in [5.74, 6) is 1.57. The second-order valence-corrected chi connectivity index (χ2v) is 5.47. The van der Waals surface area contributed by atoms with Crippen LogP contribution < -0.4 is 10.5 Å². The van der Waals surface area contributed by atoms with Crippen molar-refractivity contribution in [2.45, 2.75) is 45.3 Å². The zero-order valence-corrected chi connectivity index (χ0v) is 13.2. The van der Waals surface area contributed by atoms with Gasteiger partial charge in [-0.05, 0) is 38.0 Å². The van der Waals surface area contributed by atoms with E-state index in [0.717, 1.165) is 12.8 Å². The molecule has 2 aromatic rings. The molecule has 114 valence electrons. The maximum atomic E-state index is 6.26. The molecule has 2 N–H and O–H groups in total. The Hall–Kier alpha value is -1.59. The van der Waals surface area contributed by atoms with Crippen LogP contribution in [0.5, 0.6) is 5.75 Å². The number of nitrogens with zero attached hydrogens (tertiary/aromatic N) is 2. The molecule has 0 amide bonds. The van der Waals surface area contributed by atoms with Gasteiger partial charge in [0.15, 0.2) is 11.9 Å². The predicted molar refractivity (Wildman–Crippen MR) is 81.2 cm³/mol. The largest absolute Gasteiger partial charge is 0.481 e. The van der Waals surface area contributed by atoms with E-state index in [0.29, 0.717) is 22.5 Å². The number of ether oxygens (including phenoxy) is 1. The van der Waals surface area contributed by atoms with Gasteiger partial charge in [0.1, 0.15) is 5.75 Å². The van der Waals surface area contributed by atoms with Gasteiger partial charge in [0.2, 0.25) is 0 Å². The molecular formula is C15H20ClN3O2. The lowest BCUT2D eigenvalue weighted by atomic mass is 9.93. The third-order valence-electron chi connectivity index (χ3n) is 3.61. The number of rotatable bonds is 6. The lowest BCUT2D eigenvalue weighted by Gasteiger charge is -2.21. The molecule has 1 unspecified atom stereocenters. The highest BCUT2D eigenvalue weighted by molar-refractivity contribution is 6.30. The summed E-state index contributed by atoms with van der Waals surface area (Å²) in [6, 6.07) is 7.17. The van der Waals surface area contributed by atoms with Crippen LogP contribution in [0.4, 0.5) is 0 Å². The zero-order chi connectivity index (χ0) is 15.5. The van der Waals surface area contributed by atoms with E-state index in [2.05, 4.69) is 10.1 Å². The van der Waals surface area contributed by atoms with Crippen LogP contribution in [0.3, 0.4) is 0 Å². The molecule has 0 radical (unpaired) electrons. The standard InChI is InChI=1S/C15H20ClN3O2/c1-4-15(17,5-2)14-18-13(21-19-14)10(3)20-12-8-6-7-11(16)9-12/h6-10H,4-5,17H2,1-3H3. The first-order valence-electron chi connectivity index (χ1n) is 7.03. The third kappa shape index (κ3) is 3.54. The third-order valence-corrected chi connectivity index (χ3v) is 3.84. The second kappa shape index (κ2) is 6.45. The van der Waals surface area contributed by atoms with E-state index < -0.39 is 5.54 Å². The van der Waals surface area contributed by atoms with Gasteiger partial charge < -0.3 is 15.0 Å². The highest BCUT2D eigenvalue weighted by Crippen LogP contribution is 2.27. The van der Waals surface area contributed by atoms with Crippen LogP contribution in [-0.2, 0) is 5.54 Å². The number of nitrogens with two attached hydrogens (primary N) is 1. The first kappa shape index (κ1) is 15.8. The first-order valence-corrected chi connectivity index (χ1v) is 7.41. The highest BCUT2D eigenvalue weighted by atomic mass is 35.5. The minimum atomic E-state index is -0.558. The molecule has 0 aliphatic carbocycles. The van der Waals surface area contributed by atoms with E-state index in [9.17, 15) is 0 Å². The summed E-state index contributed by atoms with van der Waals surface area (Å²) in [4.78, 5) is 4.38. The average Bonchev–Trinajstić information content (AvgIpc) is 2.97. The van der Waals surface area contributed by atoms with Crippen molar-refractivity contribution >= 4 is 11.6 Å². The van der Waals surface area contributed by atoms with Gasteiger partial charge in [0.05, 0.1) is 5.54 Å². The predicted octanol–water partition coefficient (Wildman–Crippen LogP) is 3.84. The molecule has 1 aromatic heterocycles. The normalized spacial score (nSPS) is 13.2. The molecule has 0 bridgehead atoms. The SMILES string of the molecule is CCC(N)(CC)c1noc(C(C)Oc2cccc(Cl)c2)n1. The molecule has 0 aliphatic heterocycles. The molecule has 1 heterocycles. The number of benzene rings is 1. The molecule has 6 heteroatoms. The van der Waals surface area contributed by atoms with E-state index >= 15 is 0 Å². The van der Waals surface area contributed by atoms with Crippen molar-refractivity contribution in [3.05, 3.63) is 41.0 Å². The van der Waals surface area contributed by atoms with Crippen LogP contribution in [0.15, 0.2) is 28.8 Å². The Kier molecular flexibility index (Phi) is 4.85. The monoisotopic (exact) mass is 309 g/mol. The van der Waals surface area contributed by atoms with Gasteiger partial charge in [-0.1, -0.05) is 36.7 Å². The summed E-state index contributed by atoms with van der Waals surface area (Å²) in [7, 11) is 0. The molecular weight excluding hydrogens is 290 g/mol. The van der Waals surface area contributed by atoms with Crippen molar-refractivity contribution in [1.82, 2.24) is 10.1 Å². The molecule has 2 rings (SSSR count). The molecule has 0 spiro atoms. The van der Waals surface area contributed by atoms with Gasteiger partial charge in [-0.2, -0.15) is 4.98 Å². The van der Waals surface area contributed by atoms with Crippen molar-refractivity contribution in [3.63, 3.8) is 0 Å². The molecule has 0 aliphatic rings. The zero-order valence-electron chi connectivity index (χ0n) is 12.5. The Labute approximate surface area is 129 Å². The van der Waals surface area contributed by atoms with Crippen molar-refractivity contribution in [2.75, 3.05) is 0 Å². The smallest absolute Gasteiger partial charge is 0.267 e. The quantitative estimate of drug-likeness (QED) is 0.877. The topological polar surface area (TPSA) is 74.2 Å². The van der Waals surface area contributed by atoms with E-state index in [1.807, 2.05) is 32.9 Å². The van der Waals surface area contributed by atoms with Gasteiger partial charge in [-0.25, -0.2) is 0 Å². The molecule has 0 saturated heterocycles. The summed E-state index contributed by atoms with van der Waals surface area (Å²) >= 11 is 5.93. The van der Waals surface area contributed by atoms with Gasteiger partial charge >= 0.3 is 0 Å². The maximum Gasteiger partial charge on any atom is 0.267 e. The van der Waals surface area contributed by atoms with Crippen molar-refractivity contribution in [2.24, 2.45) is 5.73 Å².